The molecule has 0 heterocycles. The van der Waals surface area contributed by atoms with E-state index in [9.17, 15) is 0 Å². The van der Waals surface area contributed by atoms with Crippen LogP contribution in [0.3, 0.4) is 0 Å². The van der Waals surface area contributed by atoms with Gasteiger partial charge in [-0.15, -0.1) is 0 Å². The van der Waals surface area contributed by atoms with Gasteiger partial charge in [0.15, 0.2) is 0 Å². The zero-order valence-corrected chi connectivity index (χ0v) is 8.83. The SMILES string of the molecule is CC(Nc1ccc(N)cc1C#N)C1CC1. The molecular weight excluding hydrogens is 186 g/mol. The summed E-state index contributed by atoms with van der Waals surface area (Å²) in [5.41, 5.74) is 7.78. The number of nitriles is 1. The van der Waals surface area contributed by atoms with Crippen LogP contribution in [0.25, 0.3) is 0 Å². The van der Waals surface area contributed by atoms with Crippen molar-refractivity contribution < 1.29 is 0 Å². The first-order valence-corrected chi connectivity index (χ1v) is 5.27. The van der Waals surface area contributed by atoms with E-state index in [0.29, 0.717) is 17.3 Å². The Kier molecular flexibility index (Phi) is 2.51. The topological polar surface area (TPSA) is 61.8 Å². The van der Waals surface area contributed by atoms with Gasteiger partial charge in [-0.2, -0.15) is 5.26 Å². The molecule has 0 spiro atoms. The Morgan fingerprint density at radius 2 is 2.27 bits per heavy atom. The van der Waals surface area contributed by atoms with Gasteiger partial charge in [0, 0.05) is 11.7 Å². The van der Waals surface area contributed by atoms with Crippen molar-refractivity contribution in [1.82, 2.24) is 0 Å². The molecule has 1 aliphatic rings. The van der Waals surface area contributed by atoms with Gasteiger partial charge >= 0.3 is 0 Å². The molecule has 3 N–H and O–H groups in total. The van der Waals surface area contributed by atoms with Crippen molar-refractivity contribution in [3.8, 4) is 6.07 Å². The van der Waals surface area contributed by atoms with Crippen LogP contribution in [0.15, 0.2) is 18.2 Å². The lowest BCUT2D eigenvalue weighted by molar-refractivity contribution is 0.694. The van der Waals surface area contributed by atoms with Crippen LogP contribution < -0.4 is 11.1 Å². The quantitative estimate of drug-likeness (QED) is 0.738. The normalized spacial score (nSPS) is 16.8. The van der Waals surface area contributed by atoms with Crippen molar-refractivity contribution in [2.24, 2.45) is 5.92 Å². The summed E-state index contributed by atoms with van der Waals surface area (Å²) in [7, 11) is 0. The van der Waals surface area contributed by atoms with Crippen molar-refractivity contribution in [3.63, 3.8) is 0 Å². The molecule has 3 heteroatoms. The number of benzene rings is 1. The van der Waals surface area contributed by atoms with Gasteiger partial charge in [0.05, 0.1) is 11.3 Å². The molecule has 15 heavy (non-hydrogen) atoms. The molecule has 1 atom stereocenters. The number of nitrogens with one attached hydrogen (secondary N) is 1. The number of nitrogen functional groups attached to an aromatic ring is 1. The van der Waals surface area contributed by atoms with Gasteiger partial charge < -0.3 is 11.1 Å². The van der Waals surface area contributed by atoms with E-state index in [1.165, 1.54) is 12.8 Å². The van der Waals surface area contributed by atoms with Crippen molar-refractivity contribution in [1.29, 1.82) is 5.26 Å². The highest BCUT2D eigenvalue weighted by atomic mass is 14.9. The highest BCUT2D eigenvalue weighted by Gasteiger charge is 2.28. The summed E-state index contributed by atoms with van der Waals surface area (Å²) in [6.07, 6.45) is 2.59. The van der Waals surface area contributed by atoms with E-state index in [2.05, 4.69) is 18.3 Å². The van der Waals surface area contributed by atoms with Crippen molar-refractivity contribution in [2.45, 2.75) is 25.8 Å². The molecule has 1 aromatic carbocycles. The van der Waals surface area contributed by atoms with E-state index >= 15 is 0 Å². The zero-order chi connectivity index (χ0) is 10.8. The highest BCUT2D eigenvalue weighted by molar-refractivity contribution is 5.63. The van der Waals surface area contributed by atoms with E-state index < -0.39 is 0 Å². The van der Waals surface area contributed by atoms with Crippen molar-refractivity contribution in [3.05, 3.63) is 23.8 Å². The minimum atomic E-state index is 0.445. The Bertz CT molecular complexity index is 402. The number of nitrogens with zero attached hydrogens (tertiary/aromatic N) is 1. The van der Waals surface area contributed by atoms with Crippen LogP contribution in [0.2, 0.25) is 0 Å². The fourth-order valence-electron chi connectivity index (χ4n) is 1.74. The largest absolute Gasteiger partial charge is 0.399 e. The molecule has 1 saturated carbocycles. The van der Waals surface area contributed by atoms with Crippen LogP contribution in [0.1, 0.15) is 25.3 Å². The highest BCUT2D eigenvalue weighted by Crippen LogP contribution is 2.34. The molecule has 0 saturated heterocycles. The van der Waals surface area contributed by atoms with Crippen LogP contribution in [0, 0.1) is 17.2 Å². The van der Waals surface area contributed by atoms with E-state index in [1.54, 1.807) is 6.07 Å². The molecule has 1 aliphatic carbocycles. The standard InChI is InChI=1S/C12H15N3/c1-8(9-2-3-9)15-12-5-4-11(14)6-10(12)7-13/h4-6,8-9,15H,2-3,14H2,1H3. The molecular formula is C12H15N3. The van der Waals surface area contributed by atoms with E-state index in [0.717, 1.165) is 11.6 Å². The molecule has 0 radical (unpaired) electrons. The summed E-state index contributed by atoms with van der Waals surface area (Å²) in [5.74, 6) is 0.772. The van der Waals surface area contributed by atoms with Crippen LogP contribution in [0.4, 0.5) is 11.4 Å². The van der Waals surface area contributed by atoms with Gasteiger partial charge in [0.1, 0.15) is 6.07 Å². The zero-order valence-electron chi connectivity index (χ0n) is 8.83. The van der Waals surface area contributed by atoms with Gasteiger partial charge in [-0.3, -0.25) is 0 Å². The molecule has 0 aliphatic heterocycles. The van der Waals surface area contributed by atoms with Crippen molar-refractivity contribution in [2.75, 3.05) is 11.1 Å². The Hall–Kier alpha value is -1.69. The molecule has 0 aromatic heterocycles. The van der Waals surface area contributed by atoms with Crippen LogP contribution >= 0.6 is 0 Å². The average Bonchev–Trinajstić information content (AvgIpc) is 3.04. The predicted octanol–water partition coefficient (Wildman–Crippen LogP) is 2.35. The van der Waals surface area contributed by atoms with Crippen LogP contribution in [0.5, 0.6) is 0 Å². The number of hydrogen-bond donors (Lipinski definition) is 2. The average molecular weight is 201 g/mol. The number of nitrogens with two attached hydrogens (primary N) is 1. The molecule has 1 aromatic rings. The van der Waals surface area contributed by atoms with Gasteiger partial charge in [0.2, 0.25) is 0 Å². The van der Waals surface area contributed by atoms with Crippen LogP contribution in [-0.4, -0.2) is 6.04 Å². The first-order valence-electron chi connectivity index (χ1n) is 5.27. The summed E-state index contributed by atoms with van der Waals surface area (Å²) in [4.78, 5) is 0. The maximum atomic E-state index is 8.96. The van der Waals surface area contributed by atoms with Gasteiger partial charge in [-0.25, -0.2) is 0 Å². The Morgan fingerprint density at radius 3 is 2.87 bits per heavy atom. The van der Waals surface area contributed by atoms with E-state index in [1.807, 2.05) is 12.1 Å². The monoisotopic (exact) mass is 201 g/mol. The molecule has 1 fully saturated rings. The fourth-order valence-corrected chi connectivity index (χ4v) is 1.74. The molecule has 0 bridgehead atoms. The van der Waals surface area contributed by atoms with Crippen molar-refractivity contribution >= 4 is 11.4 Å². The number of rotatable bonds is 3. The number of hydrogen-bond acceptors (Lipinski definition) is 3. The van der Waals surface area contributed by atoms with Gasteiger partial charge in [0.25, 0.3) is 0 Å². The summed E-state index contributed by atoms with van der Waals surface area (Å²) in [6, 6.07) is 8.02. The summed E-state index contributed by atoms with van der Waals surface area (Å²) in [5, 5.41) is 12.3. The summed E-state index contributed by atoms with van der Waals surface area (Å²) in [6.45, 7) is 2.16. The third-order valence-corrected chi connectivity index (χ3v) is 2.88. The third-order valence-electron chi connectivity index (χ3n) is 2.88. The van der Waals surface area contributed by atoms with Gasteiger partial charge in [-0.1, -0.05) is 0 Å². The molecule has 0 amide bonds. The summed E-state index contributed by atoms with van der Waals surface area (Å²) < 4.78 is 0. The molecule has 1 unspecified atom stereocenters. The maximum absolute atomic E-state index is 8.96. The maximum Gasteiger partial charge on any atom is 0.101 e. The lowest BCUT2D eigenvalue weighted by atomic mass is 10.1. The Balaban J connectivity index is 2.16. The minimum Gasteiger partial charge on any atom is -0.399 e. The lowest BCUT2D eigenvalue weighted by Gasteiger charge is -2.15. The predicted molar refractivity (Wildman–Crippen MR) is 61.4 cm³/mol. The Labute approximate surface area is 89.9 Å². The van der Waals surface area contributed by atoms with Gasteiger partial charge in [-0.05, 0) is 43.9 Å². The first kappa shape index (κ1) is 9.85. The number of anilines is 2. The lowest BCUT2D eigenvalue weighted by Crippen LogP contribution is -2.17. The smallest absolute Gasteiger partial charge is 0.101 e. The second kappa shape index (κ2) is 3.82. The van der Waals surface area contributed by atoms with E-state index in [4.69, 9.17) is 11.0 Å². The Morgan fingerprint density at radius 1 is 1.53 bits per heavy atom. The third kappa shape index (κ3) is 2.21. The first-order chi connectivity index (χ1) is 7.20. The fraction of sp³-hybridized carbons (Fsp3) is 0.417. The molecule has 78 valence electrons. The minimum absolute atomic E-state index is 0.445. The second-order valence-electron chi connectivity index (χ2n) is 4.19. The second-order valence-corrected chi connectivity index (χ2v) is 4.19. The van der Waals surface area contributed by atoms with Crippen LogP contribution in [-0.2, 0) is 0 Å². The van der Waals surface area contributed by atoms with E-state index in [-0.39, 0.29) is 0 Å². The summed E-state index contributed by atoms with van der Waals surface area (Å²) >= 11 is 0. The molecule has 2 rings (SSSR count). The molecule has 3 nitrogen and oxygen atoms in total.